The lowest BCUT2D eigenvalue weighted by Gasteiger charge is -2.37. The smallest absolute Gasteiger partial charge is 0.359 e. The van der Waals surface area contributed by atoms with Crippen LogP contribution in [0.2, 0.25) is 0 Å². The highest BCUT2D eigenvalue weighted by Gasteiger charge is 2.25. The Labute approximate surface area is 173 Å². The monoisotopic (exact) mass is 395 g/mol. The lowest BCUT2D eigenvalue weighted by atomic mass is 9.91. The molecule has 1 aromatic rings. The van der Waals surface area contributed by atoms with E-state index in [1.54, 1.807) is 11.1 Å². The van der Waals surface area contributed by atoms with Crippen molar-refractivity contribution in [3.05, 3.63) is 59.8 Å². The van der Waals surface area contributed by atoms with Crippen LogP contribution < -0.4 is 15.2 Å². The third-order valence-electron chi connectivity index (χ3n) is 5.34. The standard InChI is InChI=1S/C23H30N4O2/c1-17(9-5-6-12-24-2)21(23(28)29-4)25-26(3)20-15-18-10-7-13-27-14-8-11-19(16-20)22(18)27/h5-6,9,12,15-16,24H,1,7-8,10-11,13-14H2,2-4H3/p+1/b9-5-,12-6-,25-21-. The van der Waals surface area contributed by atoms with Crippen molar-refractivity contribution in [2.45, 2.75) is 25.7 Å². The quantitative estimate of drug-likeness (QED) is 0.333. The van der Waals surface area contributed by atoms with Gasteiger partial charge in [0.25, 0.3) is 0 Å². The summed E-state index contributed by atoms with van der Waals surface area (Å²) >= 11 is 0. The maximum Gasteiger partial charge on any atom is 0.359 e. The molecule has 0 saturated carbocycles. The van der Waals surface area contributed by atoms with Crippen LogP contribution in [0, 0.1) is 0 Å². The molecule has 0 unspecified atom stereocenters. The number of nitrogens with zero attached hydrogens (tertiary/aromatic N) is 3. The summed E-state index contributed by atoms with van der Waals surface area (Å²) in [5.74, 6) is -0.497. The maximum absolute atomic E-state index is 12.3. The molecule has 154 valence electrons. The van der Waals surface area contributed by atoms with E-state index < -0.39 is 5.97 Å². The number of hydrazone groups is 1. The van der Waals surface area contributed by atoms with Gasteiger partial charge in [0.05, 0.1) is 26.0 Å². The molecule has 0 amide bonds. The predicted molar refractivity (Wildman–Crippen MR) is 118 cm³/mol. The first-order valence-electron chi connectivity index (χ1n) is 10.2. The van der Waals surface area contributed by atoms with Crippen molar-refractivity contribution in [1.82, 2.24) is 0 Å². The van der Waals surface area contributed by atoms with E-state index in [0.717, 1.165) is 31.6 Å². The van der Waals surface area contributed by atoms with Crippen LogP contribution >= 0.6 is 0 Å². The van der Waals surface area contributed by atoms with Crippen molar-refractivity contribution in [3.8, 4) is 0 Å². The van der Waals surface area contributed by atoms with Gasteiger partial charge in [-0.25, -0.2) is 4.79 Å². The first-order chi connectivity index (χ1) is 14.0. The van der Waals surface area contributed by atoms with Gasteiger partial charge >= 0.3 is 5.97 Å². The van der Waals surface area contributed by atoms with Crippen molar-refractivity contribution in [1.29, 1.82) is 0 Å². The van der Waals surface area contributed by atoms with Crippen LogP contribution in [-0.2, 0) is 22.4 Å². The maximum atomic E-state index is 12.3. The van der Waals surface area contributed by atoms with Gasteiger partial charge in [0, 0.05) is 31.4 Å². The Hall–Kier alpha value is -2.86. The molecule has 2 N–H and O–H groups in total. The number of quaternary nitrogens is 1. The number of aryl methyl sites for hydroxylation is 2. The van der Waals surface area contributed by atoms with Crippen molar-refractivity contribution in [2.24, 2.45) is 5.10 Å². The Balaban J connectivity index is 1.90. The minimum atomic E-state index is -0.497. The number of hydrogen-bond donors (Lipinski definition) is 1. The molecule has 0 fully saturated rings. The minimum Gasteiger partial charge on any atom is -0.464 e. The molecule has 3 rings (SSSR count). The molecule has 6 heteroatoms. The number of esters is 1. The normalized spacial score (nSPS) is 16.2. The summed E-state index contributed by atoms with van der Waals surface area (Å²) in [4.78, 5) is 14.8. The van der Waals surface area contributed by atoms with E-state index in [1.807, 2.05) is 37.8 Å². The second-order valence-corrected chi connectivity index (χ2v) is 7.37. The summed E-state index contributed by atoms with van der Waals surface area (Å²) in [6, 6.07) is 4.40. The van der Waals surface area contributed by atoms with E-state index in [0.29, 0.717) is 5.57 Å². The number of rotatable bonds is 7. The molecule has 0 aromatic heterocycles. The summed E-state index contributed by atoms with van der Waals surface area (Å²) in [6.07, 6.45) is 11.9. The van der Waals surface area contributed by atoms with Crippen molar-refractivity contribution in [2.75, 3.05) is 44.2 Å². The Morgan fingerprint density at radius 1 is 1.24 bits per heavy atom. The lowest BCUT2D eigenvalue weighted by Crippen LogP contribution is -2.72. The summed E-state index contributed by atoms with van der Waals surface area (Å²) < 4.78 is 4.93. The zero-order chi connectivity index (χ0) is 20.8. The van der Waals surface area contributed by atoms with E-state index >= 15 is 0 Å². The fraction of sp³-hybridized carbons (Fsp3) is 0.391. The molecule has 0 spiro atoms. The summed E-state index contributed by atoms with van der Waals surface area (Å²) in [5.41, 5.74) is 5.88. The van der Waals surface area contributed by atoms with Crippen LogP contribution in [-0.4, -0.2) is 46.0 Å². The molecular formula is C23H31N4O2+. The van der Waals surface area contributed by atoms with E-state index in [-0.39, 0.29) is 5.71 Å². The lowest BCUT2D eigenvalue weighted by molar-refractivity contribution is -0.556. The van der Waals surface area contributed by atoms with Gasteiger partial charge in [-0.2, -0.15) is 5.10 Å². The van der Waals surface area contributed by atoms with Crippen LogP contribution in [0.3, 0.4) is 0 Å². The number of benzene rings is 1. The van der Waals surface area contributed by atoms with Gasteiger partial charge < -0.3 is 15.0 Å². The summed E-state index contributed by atoms with van der Waals surface area (Å²) in [5, 5.41) is 8.24. The SMILES string of the molecule is C=C(/C=C\C=C/[NH2+]C)/C(=N/N(C)c1cc2c3c(c1)CCCN3CCC2)C(=O)OC. The zero-order valence-corrected chi connectivity index (χ0v) is 17.6. The molecule has 2 aliphatic heterocycles. The fourth-order valence-corrected chi connectivity index (χ4v) is 3.94. The first kappa shape index (κ1) is 20.9. The average Bonchev–Trinajstić information content (AvgIpc) is 2.74. The number of carbonyl (C=O) groups excluding carboxylic acids is 1. The topological polar surface area (TPSA) is 61.8 Å². The molecule has 0 atom stereocenters. The largest absolute Gasteiger partial charge is 0.464 e. The van der Waals surface area contributed by atoms with Gasteiger partial charge in [-0.3, -0.25) is 5.01 Å². The summed E-state index contributed by atoms with van der Waals surface area (Å²) in [7, 11) is 5.17. The second-order valence-electron chi connectivity index (χ2n) is 7.37. The van der Waals surface area contributed by atoms with Crippen LogP contribution in [0.4, 0.5) is 11.4 Å². The first-order valence-corrected chi connectivity index (χ1v) is 10.2. The highest BCUT2D eigenvalue weighted by molar-refractivity contribution is 6.44. The van der Waals surface area contributed by atoms with E-state index in [4.69, 9.17) is 4.74 Å². The predicted octanol–water partition coefficient (Wildman–Crippen LogP) is 2.17. The number of anilines is 2. The van der Waals surface area contributed by atoms with Crippen molar-refractivity contribution >= 4 is 23.1 Å². The Kier molecular flexibility index (Phi) is 6.88. The fourth-order valence-electron chi connectivity index (χ4n) is 3.94. The van der Waals surface area contributed by atoms with Gasteiger partial charge in [-0.15, -0.1) is 0 Å². The number of hydrogen-bond acceptors (Lipinski definition) is 5. The molecule has 0 aliphatic carbocycles. The molecule has 6 nitrogen and oxygen atoms in total. The van der Waals surface area contributed by atoms with Crippen LogP contribution in [0.25, 0.3) is 0 Å². The van der Waals surface area contributed by atoms with Crippen LogP contribution in [0.1, 0.15) is 24.0 Å². The average molecular weight is 396 g/mol. The number of carbonyl (C=O) groups is 1. The highest BCUT2D eigenvalue weighted by atomic mass is 16.5. The van der Waals surface area contributed by atoms with Gasteiger partial charge in [-0.05, 0) is 55.0 Å². The molecule has 2 heterocycles. The number of methoxy groups -OCH3 is 1. The second kappa shape index (κ2) is 9.56. The molecule has 0 radical (unpaired) electrons. The van der Waals surface area contributed by atoms with Gasteiger partial charge in [0.2, 0.25) is 0 Å². The Bertz CT molecular complexity index is 839. The Morgan fingerprint density at radius 2 is 1.90 bits per heavy atom. The summed E-state index contributed by atoms with van der Waals surface area (Å²) in [6.45, 7) is 6.29. The van der Waals surface area contributed by atoms with Crippen LogP contribution in [0.15, 0.2) is 53.8 Å². The van der Waals surface area contributed by atoms with E-state index in [9.17, 15) is 4.79 Å². The van der Waals surface area contributed by atoms with Gasteiger partial charge in [0.15, 0.2) is 5.71 Å². The molecular weight excluding hydrogens is 364 g/mol. The highest BCUT2D eigenvalue weighted by Crippen LogP contribution is 2.38. The van der Waals surface area contributed by atoms with E-state index in [1.165, 1.54) is 36.8 Å². The zero-order valence-electron chi connectivity index (χ0n) is 17.6. The third-order valence-corrected chi connectivity index (χ3v) is 5.34. The van der Waals surface area contributed by atoms with E-state index in [2.05, 4.69) is 28.7 Å². The van der Waals surface area contributed by atoms with Crippen LogP contribution in [0.5, 0.6) is 0 Å². The number of nitrogens with two attached hydrogens (primary N) is 1. The van der Waals surface area contributed by atoms with Gasteiger partial charge in [-0.1, -0.05) is 18.7 Å². The molecule has 2 aliphatic rings. The molecule has 0 bridgehead atoms. The molecule has 1 aromatic carbocycles. The van der Waals surface area contributed by atoms with Crippen molar-refractivity contribution < 1.29 is 14.8 Å². The minimum absolute atomic E-state index is 0.202. The third kappa shape index (κ3) is 4.77. The van der Waals surface area contributed by atoms with Crippen molar-refractivity contribution in [3.63, 3.8) is 0 Å². The van der Waals surface area contributed by atoms with Gasteiger partial charge in [0.1, 0.15) is 0 Å². The number of ether oxygens (including phenoxy) is 1. The number of allylic oxidation sites excluding steroid dienone is 3. The Morgan fingerprint density at radius 3 is 2.48 bits per heavy atom. The molecule has 29 heavy (non-hydrogen) atoms. The molecule has 0 saturated heterocycles.